The first-order valence-electron chi connectivity index (χ1n) is 4.27. The van der Waals surface area contributed by atoms with Crippen molar-refractivity contribution in [2.24, 2.45) is 0 Å². The molecule has 0 unspecified atom stereocenters. The highest BCUT2D eigenvalue weighted by atomic mass is 32.1. The van der Waals surface area contributed by atoms with Gasteiger partial charge in [-0.2, -0.15) is 0 Å². The molecule has 0 saturated heterocycles. The summed E-state index contributed by atoms with van der Waals surface area (Å²) in [5.41, 5.74) is 4.49. The molecule has 2 nitrogen and oxygen atoms in total. The van der Waals surface area contributed by atoms with Gasteiger partial charge in [0, 0.05) is 0 Å². The maximum Gasteiger partial charge on any atom is 0.169 e. The van der Waals surface area contributed by atoms with Crippen molar-refractivity contribution in [3.8, 4) is 10.4 Å². The van der Waals surface area contributed by atoms with Crippen molar-refractivity contribution in [2.75, 3.05) is 0 Å². The summed E-state index contributed by atoms with van der Waals surface area (Å²) in [7, 11) is 0. The van der Waals surface area contributed by atoms with Gasteiger partial charge in [0.1, 0.15) is 5.69 Å². The zero-order valence-electron chi connectivity index (χ0n) is 7.73. The van der Waals surface area contributed by atoms with E-state index in [0.29, 0.717) is 5.69 Å². The van der Waals surface area contributed by atoms with Gasteiger partial charge in [0.2, 0.25) is 0 Å². The van der Waals surface area contributed by atoms with E-state index in [-0.39, 0.29) is 0 Å². The lowest BCUT2D eigenvalue weighted by atomic mass is 10.1. The van der Waals surface area contributed by atoms with Crippen LogP contribution in [0.1, 0.15) is 16.1 Å². The molecular formula is C11H9NOS. The van der Waals surface area contributed by atoms with E-state index in [2.05, 4.69) is 4.98 Å². The Kier molecular flexibility index (Phi) is 2.41. The minimum Gasteiger partial charge on any atom is -0.296 e. The van der Waals surface area contributed by atoms with Gasteiger partial charge in [-0.1, -0.05) is 24.3 Å². The van der Waals surface area contributed by atoms with Crippen LogP contribution < -0.4 is 0 Å². The van der Waals surface area contributed by atoms with E-state index < -0.39 is 0 Å². The molecule has 1 aromatic carbocycles. The van der Waals surface area contributed by atoms with Crippen molar-refractivity contribution in [1.29, 1.82) is 0 Å². The molecule has 1 aromatic heterocycles. The van der Waals surface area contributed by atoms with E-state index in [0.717, 1.165) is 16.7 Å². The van der Waals surface area contributed by atoms with Crippen molar-refractivity contribution >= 4 is 17.6 Å². The number of hydrogen-bond donors (Lipinski definition) is 0. The van der Waals surface area contributed by atoms with Crippen LogP contribution in [-0.2, 0) is 0 Å². The Labute approximate surface area is 86.2 Å². The average Bonchev–Trinajstić information content (AvgIpc) is 2.66. The number of nitrogens with zero attached hydrogens (tertiary/aromatic N) is 1. The second-order valence-corrected chi connectivity index (χ2v) is 3.85. The van der Waals surface area contributed by atoms with E-state index >= 15 is 0 Å². The lowest BCUT2D eigenvalue weighted by molar-refractivity contribution is 0.112. The normalized spacial score (nSPS) is 10.1. The van der Waals surface area contributed by atoms with E-state index in [4.69, 9.17) is 0 Å². The lowest BCUT2D eigenvalue weighted by Crippen LogP contribution is -1.85. The Morgan fingerprint density at radius 2 is 2.14 bits per heavy atom. The third kappa shape index (κ3) is 1.46. The summed E-state index contributed by atoms with van der Waals surface area (Å²) >= 11 is 1.50. The standard InChI is InChI=1S/C11H9NOS/c1-8-4-2-3-5-9(8)11-10(6-13)12-7-14-11/h2-7H,1H3. The number of aldehydes is 1. The van der Waals surface area contributed by atoms with Gasteiger partial charge in [0.05, 0.1) is 10.4 Å². The first-order chi connectivity index (χ1) is 6.83. The second kappa shape index (κ2) is 3.72. The third-order valence-electron chi connectivity index (χ3n) is 2.10. The van der Waals surface area contributed by atoms with E-state index in [1.165, 1.54) is 16.9 Å². The Morgan fingerprint density at radius 1 is 1.36 bits per heavy atom. The number of aromatic nitrogens is 1. The molecule has 0 aliphatic heterocycles. The smallest absolute Gasteiger partial charge is 0.169 e. The Balaban J connectivity index is 2.60. The molecule has 0 saturated carbocycles. The highest BCUT2D eigenvalue weighted by Crippen LogP contribution is 2.28. The summed E-state index contributed by atoms with van der Waals surface area (Å²) in [6.45, 7) is 2.03. The summed E-state index contributed by atoms with van der Waals surface area (Å²) in [6, 6.07) is 8.00. The molecule has 0 radical (unpaired) electrons. The maximum atomic E-state index is 10.7. The van der Waals surface area contributed by atoms with Gasteiger partial charge in [-0.15, -0.1) is 11.3 Å². The van der Waals surface area contributed by atoms with Gasteiger partial charge in [-0.05, 0) is 18.1 Å². The van der Waals surface area contributed by atoms with Gasteiger partial charge in [-0.25, -0.2) is 4.98 Å². The predicted octanol–water partition coefficient (Wildman–Crippen LogP) is 2.93. The molecule has 0 spiro atoms. The van der Waals surface area contributed by atoms with Gasteiger partial charge >= 0.3 is 0 Å². The van der Waals surface area contributed by atoms with Crippen LogP contribution in [0.15, 0.2) is 29.8 Å². The van der Waals surface area contributed by atoms with Gasteiger partial charge in [0.15, 0.2) is 6.29 Å². The van der Waals surface area contributed by atoms with Gasteiger partial charge in [-0.3, -0.25) is 4.79 Å². The SMILES string of the molecule is Cc1ccccc1-c1scnc1C=O. The Morgan fingerprint density at radius 3 is 2.86 bits per heavy atom. The summed E-state index contributed by atoms with van der Waals surface area (Å²) < 4.78 is 0. The van der Waals surface area contributed by atoms with Crippen LogP contribution in [0.3, 0.4) is 0 Å². The van der Waals surface area contributed by atoms with Crippen LogP contribution in [0, 0.1) is 6.92 Å². The minimum atomic E-state index is 0.532. The van der Waals surface area contributed by atoms with Crippen LogP contribution in [-0.4, -0.2) is 11.3 Å². The third-order valence-corrected chi connectivity index (χ3v) is 2.97. The summed E-state index contributed by atoms with van der Waals surface area (Å²) in [5, 5.41) is 0. The molecule has 0 atom stereocenters. The number of carbonyl (C=O) groups is 1. The molecule has 0 aliphatic carbocycles. The number of aryl methyl sites for hydroxylation is 1. The van der Waals surface area contributed by atoms with Crippen molar-refractivity contribution in [1.82, 2.24) is 4.98 Å². The topological polar surface area (TPSA) is 30.0 Å². The fourth-order valence-corrected chi connectivity index (χ4v) is 2.22. The van der Waals surface area contributed by atoms with Crippen LogP contribution in [0.25, 0.3) is 10.4 Å². The molecule has 1 heterocycles. The average molecular weight is 203 g/mol. The fraction of sp³-hybridized carbons (Fsp3) is 0.0909. The molecule has 0 N–H and O–H groups in total. The summed E-state index contributed by atoms with van der Waals surface area (Å²) in [6.07, 6.45) is 0.804. The largest absolute Gasteiger partial charge is 0.296 e. The quantitative estimate of drug-likeness (QED) is 0.702. The van der Waals surface area contributed by atoms with Crippen LogP contribution >= 0.6 is 11.3 Å². The molecule has 3 heteroatoms. The van der Waals surface area contributed by atoms with E-state index in [1.807, 2.05) is 31.2 Å². The number of hydrogen-bond acceptors (Lipinski definition) is 3. The highest BCUT2D eigenvalue weighted by Gasteiger charge is 2.08. The van der Waals surface area contributed by atoms with Gasteiger partial charge in [0.25, 0.3) is 0 Å². The lowest BCUT2D eigenvalue weighted by Gasteiger charge is -2.01. The molecule has 0 bridgehead atoms. The van der Waals surface area contributed by atoms with Crippen molar-refractivity contribution in [3.05, 3.63) is 41.0 Å². The Hall–Kier alpha value is -1.48. The first kappa shape index (κ1) is 9.09. The number of thiazole rings is 1. The molecule has 70 valence electrons. The van der Waals surface area contributed by atoms with E-state index in [9.17, 15) is 4.79 Å². The molecule has 0 aliphatic rings. The maximum absolute atomic E-state index is 10.7. The van der Waals surface area contributed by atoms with E-state index in [1.54, 1.807) is 5.51 Å². The van der Waals surface area contributed by atoms with Crippen molar-refractivity contribution < 1.29 is 4.79 Å². The molecule has 14 heavy (non-hydrogen) atoms. The molecule has 0 amide bonds. The number of rotatable bonds is 2. The Bertz CT molecular complexity index is 462. The number of benzene rings is 1. The molecule has 2 aromatic rings. The summed E-state index contributed by atoms with van der Waals surface area (Å²) in [5.74, 6) is 0. The zero-order valence-corrected chi connectivity index (χ0v) is 8.54. The minimum absolute atomic E-state index is 0.532. The predicted molar refractivity (Wildman–Crippen MR) is 57.7 cm³/mol. The zero-order chi connectivity index (χ0) is 9.97. The van der Waals surface area contributed by atoms with Gasteiger partial charge < -0.3 is 0 Å². The number of carbonyl (C=O) groups excluding carboxylic acids is 1. The van der Waals surface area contributed by atoms with Crippen LogP contribution in [0.4, 0.5) is 0 Å². The van der Waals surface area contributed by atoms with Crippen molar-refractivity contribution in [3.63, 3.8) is 0 Å². The van der Waals surface area contributed by atoms with Crippen LogP contribution in [0.5, 0.6) is 0 Å². The van der Waals surface area contributed by atoms with Crippen LogP contribution in [0.2, 0.25) is 0 Å². The monoisotopic (exact) mass is 203 g/mol. The molecular weight excluding hydrogens is 194 g/mol. The molecule has 0 fully saturated rings. The highest BCUT2D eigenvalue weighted by molar-refractivity contribution is 7.13. The molecule has 2 rings (SSSR count). The first-order valence-corrected chi connectivity index (χ1v) is 5.15. The second-order valence-electron chi connectivity index (χ2n) is 3.00. The van der Waals surface area contributed by atoms with Crippen molar-refractivity contribution in [2.45, 2.75) is 6.92 Å². The summed E-state index contributed by atoms with van der Waals surface area (Å²) in [4.78, 5) is 15.7. The fourth-order valence-electron chi connectivity index (χ4n) is 1.37.